The molecule has 5 rings (SSSR count). The largest absolute Gasteiger partial charge is 0.435 e. The number of aromatic nitrogens is 5. The highest BCUT2D eigenvalue weighted by molar-refractivity contribution is 5.95. The number of ether oxygens (including phenoxy) is 1. The van der Waals surface area contributed by atoms with Crippen LogP contribution >= 0.6 is 12.4 Å². The van der Waals surface area contributed by atoms with Gasteiger partial charge in [-0.1, -0.05) is 0 Å². The smallest absolute Gasteiger partial charge is 0.378 e. The Bertz CT molecular complexity index is 1490. The predicted octanol–water partition coefficient (Wildman–Crippen LogP) is 4.03. The quantitative estimate of drug-likeness (QED) is 0.180. The molecule has 0 spiro atoms. The first-order valence-corrected chi connectivity index (χ1v) is 12.3. The molecule has 4 N–H and O–H groups in total. The number of anilines is 2. The number of halogens is 5. The summed E-state index contributed by atoms with van der Waals surface area (Å²) in [5.74, 6) is -0.837. The molecule has 3 heterocycles. The summed E-state index contributed by atoms with van der Waals surface area (Å²) in [4.78, 5) is 20.8. The lowest BCUT2D eigenvalue weighted by atomic mass is 10.1. The van der Waals surface area contributed by atoms with Crippen LogP contribution in [0.2, 0.25) is 0 Å². The number of nitrogens with one attached hydrogen (secondary N) is 2. The first kappa shape index (κ1) is 29.2. The molecular weight excluding hydrogens is 556 g/mol. The van der Waals surface area contributed by atoms with E-state index in [1.54, 1.807) is 0 Å². The number of imidazole rings is 1. The van der Waals surface area contributed by atoms with E-state index < -0.39 is 23.6 Å². The van der Waals surface area contributed by atoms with Gasteiger partial charge >= 0.3 is 6.18 Å². The average molecular weight is 583 g/mol. The molecule has 1 aromatic carbocycles. The first-order chi connectivity index (χ1) is 18.7. The van der Waals surface area contributed by atoms with Crippen molar-refractivity contribution in [2.45, 2.75) is 25.6 Å². The Hall–Kier alpha value is -3.75. The summed E-state index contributed by atoms with van der Waals surface area (Å²) in [7, 11) is 0. The molecule has 40 heavy (non-hydrogen) atoms. The molecule has 10 nitrogen and oxygen atoms in total. The number of rotatable bonds is 11. The van der Waals surface area contributed by atoms with E-state index in [-0.39, 0.29) is 59.5 Å². The van der Waals surface area contributed by atoms with Gasteiger partial charge in [0.1, 0.15) is 5.82 Å². The zero-order valence-electron chi connectivity index (χ0n) is 21.1. The summed E-state index contributed by atoms with van der Waals surface area (Å²) in [6.45, 7) is 1.59. The van der Waals surface area contributed by atoms with E-state index in [1.165, 1.54) is 46.0 Å². The zero-order valence-corrected chi connectivity index (χ0v) is 21.9. The Balaban J connectivity index is 0.00000370. The molecule has 0 bridgehead atoms. The fourth-order valence-corrected chi connectivity index (χ4v) is 4.11. The third-order valence-corrected chi connectivity index (χ3v) is 6.15. The van der Waals surface area contributed by atoms with Crippen LogP contribution in [0.5, 0.6) is 0 Å². The number of carbonyl (C=O) groups excluding carboxylic acids is 1. The molecular formula is C25H27ClF4N8O2. The van der Waals surface area contributed by atoms with Gasteiger partial charge in [-0.3, -0.25) is 13.9 Å². The Kier molecular flexibility index (Phi) is 8.91. The number of nitrogens with zero attached hydrogens (tertiary/aromatic N) is 5. The van der Waals surface area contributed by atoms with Gasteiger partial charge in [-0.15, -0.1) is 12.4 Å². The van der Waals surface area contributed by atoms with Gasteiger partial charge in [0.2, 0.25) is 0 Å². The molecule has 1 aliphatic rings. The van der Waals surface area contributed by atoms with Crippen molar-refractivity contribution in [1.29, 1.82) is 0 Å². The second kappa shape index (κ2) is 12.2. The van der Waals surface area contributed by atoms with Crippen LogP contribution < -0.4 is 16.4 Å². The number of carbonyl (C=O) groups is 1. The van der Waals surface area contributed by atoms with Crippen molar-refractivity contribution in [2.75, 3.05) is 31.6 Å². The Morgan fingerprint density at radius 3 is 2.70 bits per heavy atom. The lowest BCUT2D eigenvalue weighted by molar-refractivity contribution is -0.141. The highest BCUT2D eigenvalue weighted by Crippen LogP contribution is 2.38. The summed E-state index contributed by atoms with van der Waals surface area (Å²) in [5, 5.41) is 9.30. The summed E-state index contributed by atoms with van der Waals surface area (Å²) < 4.78 is 64.1. The van der Waals surface area contributed by atoms with Crippen molar-refractivity contribution in [1.82, 2.24) is 29.5 Å². The van der Waals surface area contributed by atoms with Gasteiger partial charge in [0.15, 0.2) is 17.2 Å². The predicted molar refractivity (Wildman–Crippen MR) is 141 cm³/mol. The van der Waals surface area contributed by atoms with Crippen LogP contribution in [-0.2, 0) is 17.5 Å². The summed E-state index contributed by atoms with van der Waals surface area (Å²) in [6.07, 6.45) is 2.90. The van der Waals surface area contributed by atoms with E-state index in [2.05, 4.69) is 25.7 Å². The Labute approximate surface area is 232 Å². The second-order valence-corrected chi connectivity index (χ2v) is 9.14. The molecule has 3 aromatic heterocycles. The van der Waals surface area contributed by atoms with E-state index in [9.17, 15) is 22.4 Å². The lowest BCUT2D eigenvalue weighted by Crippen LogP contribution is -2.28. The number of hydrogen-bond acceptors (Lipinski definition) is 7. The Morgan fingerprint density at radius 2 is 2.00 bits per heavy atom. The normalized spacial score (nSPS) is 13.3. The summed E-state index contributed by atoms with van der Waals surface area (Å²) >= 11 is 0. The fourth-order valence-electron chi connectivity index (χ4n) is 4.11. The second-order valence-electron chi connectivity index (χ2n) is 9.14. The molecule has 0 saturated heterocycles. The average Bonchev–Trinajstić information content (AvgIpc) is 3.42. The summed E-state index contributed by atoms with van der Waals surface area (Å²) in [5.41, 5.74) is 4.78. The molecule has 15 heteroatoms. The van der Waals surface area contributed by atoms with E-state index in [1.807, 2.05) is 0 Å². The SMILES string of the molecule is Cl.NCCOCCNC(=O)c1ccc(Nc2nccn3c(-c4cn(CC5CC5)nc4C(F)(F)F)cnc23)cc1F. The van der Waals surface area contributed by atoms with E-state index >= 15 is 0 Å². The molecule has 214 valence electrons. The number of hydrogen-bond donors (Lipinski definition) is 3. The third-order valence-electron chi connectivity index (χ3n) is 6.15. The van der Waals surface area contributed by atoms with Gasteiger partial charge in [0.25, 0.3) is 5.91 Å². The molecule has 1 fully saturated rings. The van der Waals surface area contributed by atoms with Crippen LogP contribution in [0.1, 0.15) is 28.9 Å². The zero-order chi connectivity index (χ0) is 27.6. The fraction of sp³-hybridized carbons (Fsp3) is 0.360. The van der Waals surface area contributed by atoms with Gasteiger partial charge < -0.3 is 21.1 Å². The van der Waals surface area contributed by atoms with Gasteiger partial charge in [0.05, 0.1) is 36.2 Å². The standard InChI is InChI=1S/C25H26F4N8O2.ClH/c26-19-11-16(3-4-17(19)24(38)32-7-10-39-9-5-30)34-22-23-33-12-20(37(23)8-6-31-22)18-14-36(13-15-1-2-15)35-21(18)25(27,28)29;/h3-4,6,8,11-12,14-15H,1-2,5,7,9-10,13,30H2,(H,31,34)(H,32,38);1H. The third kappa shape index (κ3) is 6.51. The molecule has 1 aliphatic carbocycles. The van der Waals surface area contributed by atoms with Gasteiger partial charge in [-0.05, 0) is 37.0 Å². The van der Waals surface area contributed by atoms with Crippen LogP contribution in [0.15, 0.2) is 43.0 Å². The van der Waals surface area contributed by atoms with E-state index in [4.69, 9.17) is 10.5 Å². The first-order valence-electron chi connectivity index (χ1n) is 12.3. The maximum absolute atomic E-state index is 14.7. The molecule has 0 unspecified atom stereocenters. The van der Waals surface area contributed by atoms with Crippen LogP contribution in [0.4, 0.5) is 29.1 Å². The number of benzene rings is 1. The van der Waals surface area contributed by atoms with Crippen LogP contribution in [0.3, 0.4) is 0 Å². The number of fused-ring (bicyclic) bond motifs is 1. The maximum Gasteiger partial charge on any atom is 0.435 e. The van der Waals surface area contributed by atoms with E-state index in [0.717, 1.165) is 18.9 Å². The summed E-state index contributed by atoms with van der Waals surface area (Å²) in [6, 6.07) is 3.93. The minimum absolute atomic E-state index is 0. The van der Waals surface area contributed by atoms with Crippen molar-refractivity contribution in [3.05, 3.63) is 60.1 Å². The minimum atomic E-state index is -4.65. The number of amides is 1. The molecule has 1 saturated carbocycles. The van der Waals surface area contributed by atoms with Crippen molar-refractivity contribution in [2.24, 2.45) is 11.7 Å². The van der Waals surface area contributed by atoms with Gasteiger partial charge in [-0.2, -0.15) is 18.3 Å². The molecule has 4 aromatic rings. The van der Waals surface area contributed by atoms with Crippen LogP contribution in [0, 0.1) is 11.7 Å². The van der Waals surface area contributed by atoms with Crippen molar-refractivity contribution >= 4 is 35.5 Å². The van der Waals surface area contributed by atoms with Gasteiger partial charge in [-0.25, -0.2) is 14.4 Å². The molecule has 1 amide bonds. The number of alkyl halides is 3. The van der Waals surface area contributed by atoms with Crippen LogP contribution in [0.25, 0.3) is 16.9 Å². The highest BCUT2D eigenvalue weighted by atomic mass is 35.5. The monoisotopic (exact) mass is 582 g/mol. The number of nitrogens with two attached hydrogens (primary N) is 1. The van der Waals surface area contributed by atoms with Crippen LogP contribution in [-0.4, -0.2) is 56.4 Å². The molecule has 0 aliphatic heterocycles. The maximum atomic E-state index is 14.7. The Morgan fingerprint density at radius 1 is 1.20 bits per heavy atom. The van der Waals surface area contributed by atoms with Gasteiger partial charge in [0, 0.05) is 43.9 Å². The molecule has 0 atom stereocenters. The van der Waals surface area contributed by atoms with Crippen molar-refractivity contribution < 1.29 is 27.1 Å². The highest BCUT2D eigenvalue weighted by Gasteiger charge is 2.39. The minimum Gasteiger partial charge on any atom is -0.378 e. The van der Waals surface area contributed by atoms with E-state index in [0.29, 0.717) is 25.6 Å². The lowest BCUT2D eigenvalue weighted by Gasteiger charge is -2.10. The molecule has 0 radical (unpaired) electrons. The van der Waals surface area contributed by atoms with Crippen molar-refractivity contribution in [3.63, 3.8) is 0 Å². The van der Waals surface area contributed by atoms with Crippen molar-refractivity contribution in [3.8, 4) is 11.3 Å². The topological polar surface area (TPSA) is 124 Å².